The molecule has 1 atom stereocenters. The van der Waals surface area contributed by atoms with Crippen LogP contribution in [-0.2, 0) is 13.0 Å². The zero-order valence-electron chi connectivity index (χ0n) is 11.5. The molecule has 0 amide bonds. The first-order valence-corrected chi connectivity index (χ1v) is 8.22. The fraction of sp³-hybridized carbons (Fsp3) is 0.333. The lowest BCUT2D eigenvalue weighted by Crippen LogP contribution is -2.27. The minimum absolute atomic E-state index is 0.0824. The Bertz CT molecular complexity index is 535. The fourth-order valence-electron chi connectivity index (χ4n) is 1.90. The van der Waals surface area contributed by atoms with Gasteiger partial charge in [0.25, 0.3) is 0 Å². The van der Waals surface area contributed by atoms with Crippen molar-refractivity contribution >= 4 is 23.1 Å². The Kier molecular flexibility index (Phi) is 5.72. The van der Waals surface area contributed by atoms with E-state index in [0.717, 1.165) is 12.0 Å². The molecule has 1 aromatic carbocycles. The van der Waals surface area contributed by atoms with Crippen LogP contribution in [0.2, 0.25) is 0 Å². The molecule has 0 aliphatic carbocycles. The molecule has 1 aromatic heterocycles. The topological polar surface area (TPSA) is 12.0 Å². The number of halogens is 3. The largest absolute Gasteiger partial charge is 0.446 e. The first-order valence-electron chi connectivity index (χ1n) is 6.53. The van der Waals surface area contributed by atoms with Crippen molar-refractivity contribution < 1.29 is 13.2 Å². The van der Waals surface area contributed by atoms with E-state index in [1.54, 1.807) is 23.5 Å². The highest BCUT2D eigenvalue weighted by molar-refractivity contribution is 8.00. The molecule has 1 unspecified atom stereocenters. The number of hydrogen-bond acceptors (Lipinski definition) is 3. The van der Waals surface area contributed by atoms with Gasteiger partial charge in [0.05, 0.1) is 0 Å². The molecule has 0 spiro atoms. The number of rotatable bonds is 6. The van der Waals surface area contributed by atoms with Crippen molar-refractivity contribution in [1.29, 1.82) is 0 Å². The Morgan fingerprint density at radius 3 is 2.48 bits per heavy atom. The molecule has 0 saturated heterocycles. The van der Waals surface area contributed by atoms with E-state index in [1.807, 2.05) is 6.07 Å². The van der Waals surface area contributed by atoms with Gasteiger partial charge in [-0.1, -0.05) is 18.2 Å². The molecule has 2 rings (SSSR count). The van der Waals surface area contributed by atoms with Gasteiger partial charge >= 0.3 is 5.51 Å². The summed E-state index contributed by atoms with van der Waals surface area (Å²) in [5.41, 5.74) is -3.24. The van der Waals surface area contributed by atoms with Gasteiger partial charge in [0.1, 0.15) is 0 Å². The Balaban J connectivity index is 1.80. The molecule has 1 nitrogen and oxygen atoms in total. The van der Waals surface area contributed by atoms with Crippen LogP contribution < -0.4 is 5.32 Å². The molecule has 0 aliphatic rings. The van der Waals surface area contributed by atoms with Crippen molar-refractivity contribution in [2.75, 3.05) is 0 Å². The highest BCUT2D eigenvalue weighted by Gasteiger charge is 2.28. The lowest BCUT2D eigenvalue weighted by Gasteiger charge is -2.13. The first-order chi connectivity index (χ1) is 9.92. The van der Waals surface area contributed by atoms with Crippen LogP contribution in [0.5, 0.6) is 0 Å². The molecule has 114 valence electrons. The highest BCUT2D eigenvalue weighted by Crippen LogP contribution is 2.36. The smallest absolute Gasteiger partial charge is 0.310 e. The summed E-state index contributed by atoms with van der Waals surface area (Å²) < 4.78 is 36.7. The third kappa shape index (κ3) is 6.11. The third-order valence-corrected chi connectivity index (χ3v) is 4.54. The van der Waals surface area contributed by atoms with Gasteiger partial charge in [0.2, 0.25) is 0 Å². The second-order valence-electron chi connectivity index (χ2n) is 4.76. The molecular weight excluding hydrogens is 315 g/mol. The quantitative estimate of drug-likeness (QED) is 0.741. The number of thioether (sulfide) groups is 1. The van der Waals surface area contributed by atoms with Gasteiger partial charge in [-0.2, -0.15) is 13.2 Å². The van der Waals surface area contributed by atoms with E-state index in [4.69, 9.17) is 0 Å². The average Bonchev–Trinajstić information content (AvgIpc) is 2.89. The second kappa shape index (κ2) is 7.33. The van der Waals surface area contributed by atoms with Crippen LogP contribution in [0.15, 0.2) is 46.7 Å². The van der Waals surface area contributed by atoms with Crippen molar-refractivity contribution in [3.05, 3.63) is 52.2 Å². The normalized spacial score (nSPS) is 13.3. The minimum Gasteiger partial charge on any atom is -0.310 e. The van der Waals surface area contributed by atoms with E-state index in [9.17, 15) is 13.2 Å². The van der Waals surface area contributed by atoms with Gasteiger partial charge in [-0.3, -0.25) is 0 Å². The summed E-state index contributed by atoms with van der Waals surface area (Å²) >= 11 is 1.65. The van der Waals surface area contributed by atoms with Crippen molar-refractivity contribution in [3.63, 3.8) is 0 Å². The van der Waals surface area contributed by atoms with Gasteiger partial charge in [0.15, 0.2) is 0 Å². The maximum atomic E-state index is 12.2. The zero-order chi connectivity index (χ0) is 15.3. The van der Waals surface area contributed by atoms with Crippen LogP contribution in [0.4, 0.5) is 13.2 Å². The number of benzene rings is 1. The lowest BCUT2D eigenvalue weighted by molar-refractivity contribution is -0.0328. The maximum absolute atomic E-state index is 12.2. The molecular formula is C15H16F3NS2. The van der Waals surface area contributed by atoms with Gasteiger partial charge in [-0.15, -0.1) is 11.3 Å². The van der Waals surface area contributed by atoms with E-state index in [-0.39, 0.29) is 16.7 Å². The summed E-state index contributed by atoms with van der Waals surface area (Å²) in [4.78, 5) is 1.55. The predicted octanol–water partition coefficient (Wildman–Crippen LogP) is 5.08. The summed E-state index contributed by atoms with van der Waals surface area (Å²) in [6.07, 6.45) is 0.958. The third-order valence-electron chi connectivity index (χ3n) is 2.90. The van der Waals surface area contributed by atoms with Gasteiger partial charge in [-0.25, -0.2) is 0 Å². The van der Waals surface area contributed by atoms with E-state index in [0.29, 0.717) is 12.6 Å². The minimum atomic E-state index is -4.23. The van der Waals surface area contributed by atoms with E-state index in [1.165, 1.54) is 17.0 Å². The van der Waals surface area contributed by atoms with Crippen LogP contribution >= 0.6 is 23.1 Å². The number of thiophene rings is 1. The summed E-state index contributed by atoms with van der Waals surface area (Å²) in [6.45, 7) is 2.76. The summed E-state index contributed by atoms with van der Waals surface area (Å²) in [5, 5.41) is 5.44. The lowest BCUT2D eigenvalue weighted by atomic mass is 10.2. The van der Waals surface area contributed by atoms with Gasteiger partial charge < -0.3 is 5.32 Å². The van der Waals surface area contributed by atoms with Crippen molar-refractivity contribution in [2.45, 2.75) is 36.3 Å². The van der Waals surface area contributed by atoms with Gasteiger partial charge in [-0.05, 0) is 54.2 Å². The molecule has 1 heterocycles. The molecule has 21 heavy (non-hydrogen) atoms. The summed E-state index contributed by atoms with van der Waals surface area (Å²) in [6, 6.07) is 11.0. The van der Waals surface area contributed by atoms with Crippen LogP contribution in [0.3, 0.4) is 0 Å². The summed E-state index contributed by atoms with van der Waals surface area (Å²) in [5.74, 6) is 0. The van der Waals surface area contributed by atoms with Gasteiger partial charge in [0, 0.05) is 22.4 Å². The van der Waals surface area contributed by atoms with Crippen molar-refractivity contribution in [2.24, 2.45) is 0 Å². The molecule has 0 bridgehead atoms. The molecule has 0 fully saturated rings. The van der Waals surface area contributed by atoms with Crippen LogP contribution in [0.1, 0.15) is 17.4 Å². The van der Waals surface area contributed by atoms with E-state index >= 15 is 0 Å². The predicted molar refractivity (Wildman–Crippen MR) is 82.7 cm³/mol. The highest BCUT2D eigenvalue weighted by atomic mass is 32.2. The molecule has 0 aliphatic heterocycles. The number of alkyl halides is 3. The zero-order valence-corrected chi connectivity index (χ0v) is 13.1. The maximum Gasteiger partial charge on any atom is 0.446 e. The van der Waals surface area contributed by atoms with Crippen molar-refractivity contribution in [3.8, 4) is 0 Å². The molecule has 0 saturated carbocycles. The molecule has 6 heteroatoms. The van der Waals surface area contributed by atoms with Crippen LogP contribution in [-0.4, -0.2) is 11.6 Å². The first kappa shape index (κ1) is 16.4. The van der Waals surface area contributed by atoms with E-state index < -0.39 is 5.51 Å². The SMILES string of the molecule is CC(Cc1cccs1)NCc1ccc(SC(F)(F)F)cc1. The van der Waals surface area contributed by atoms with Crippen LogP contribution in [0.25, 0.3) is 0 Å². The number of hydrogen-bond donors (Lipinski definition) is 1. The second-order valence-corrected chi connectivity index (χ2v) is 6.93. The summed E-state index contributed by atoms with van der Waals surface area (Å²) in [7, 11) is 0. The Hall–Kier alpha value is -0.980. The molecule has 0 radical (unpaired) electrons. The van der Waals surface area contributed by atoms with E-state index in [2.05, 4.69) is 23.7 Å². The Morgan fingerprint density at radius 2 is 1.90 bits per heavy atom. The monoisotopic (exact) mass is 331 g/mol. The van der Waals surface area contributed by atoms with Crippen LogP contribution in [0, 0.1) is 0 Å². The Labute approximate surface area is 130 Å². The fourth-order valence-corrected chi connectivity index (χ4v) is 3.28. The average molecular weight is 331 g/mol. The Morgan fingerprint density at radius 1 is 1.19 bits per heavy atom. The molecule has 2 aromatic rings. The van der Waals surface area contributed by atoms with Crippen molar-refractivity contribution in [1.82, 2.24) is 5.32 Å². The molecule has 1 N–H and O–H groups in total. The standard InChI is InChI=1S/C15H16F3NS2/c1-11(9-14-3-2-8-20-14)19-10-12-4-6-13(7-5-12)21-15(16,17)18/h2-8,11,19H,9-10H2,1H3. The number of nitrogens with one attached hydrogen (secondary N) is 1.